The average molecular weight is 1450 g/mol. The quantitative estimate of drug-likeness (QED) is 0.00577. The third-order valence-electron chi connectivity index (χ3n) is 15.2. The van der Waals surface area contributed by atoms with E-state index in [4.69, 9.17) is 54.4 Å². The van der Waals surface area contributed by atoms with Crippen LogP contribution in [-0.4, -0.2) is 139 Å². The Morgan fingerprint density at radius 1 is 0.514 bits per heavy atom. The monoisotopic (exact) mass is 1440 g/mol. The van der Waals surface area contributed by atoms with Crippen LogP contribution in [-0.2, 0) is 38.0 Å². The maximum absolute atomic E-state index is 14.0. The first-order chi connectivity index (χ1) is 49.7. The van der Waals surface area contributed by atoms with Gasteiger partial charge in [-0.15, -0.1) is 0 Å². The molecule has 6 aromatic rings. The maximum atomic E-state index is 14.0. The number of carboxylic acid groups (broad SMARTS) is 1. The molecule has 2 aliphatic rings. The van der Waals surface area contributed by atoms with Gasteiger partial charge in [0.15, 0.2) is 11.4 Å². The number of anilines is 2. The lowest BCUT2D eigenvalue weighted by atomic mass is 9.94. The Hall–Kier alpha value is -12.3. The van der Waals surface area contributed by atoms with E-state index in [0.29, 0.717) is 70.1 Å². The predicted molar refractivity (Wildman–Crippen MR) is 390 cm³/mol. The van der Waals surface area contributed by atoms with Gasteiger partial charge in [-0.25, -0.2) is 33.9 Å². The molecule has 29 nitrogen and oxygen atoms in total. The first-order valence-electron chi connectivity index (χ1n) is 33.5. The number of nitrogens with two attached hydrogens (primary N) is 1. The molecule has 2 aliphatic carbocycles. The van der Waals surface area contributed by atoms with Crippen molar-refractivity contribution in [2.75, 3.05) is 38.4 Å². The zero-order valence-corrected chi connectivity index (χ0v) is 60.4. The minimum absolute atomic E-state index is 0.00866. The van der Waals surface area contributed by atoms with Crippen LogP contribution in [0.3, 0.4) is 0 Å². The molecule has 556 valence electrons. The number of carbonyl (C=O) groups is 10. The summed E-state index contributed by atoms with van der Waals surface area (Å²) in [7, 11) is 2.85. The Bertz CT molecular complexity index is 4260. The molecule has 4 aromatic carbocycles. The fourth-order valence-electron chi connectivity index (χ4n) is 9.36. The van der Waals surface area contributed by atoms with Gasteiger partial charge >= 0.3 is 42.0 Å². The van der Waals surface area contributed by atoms with E-state index in [9.17, 15) is 53.1 Å². The van der Waals surface area contributed by atoms with Gasteiger partial charge in [-0.3, -0.25) is 45.4 Å². The molecule has 2 fully saturated rings. The standard InChI is InChI=1S/C38H43N5O9.C27H30N2O8.C11H15N3O2/c1-8-24-17-29(34(44)41-26-13-11-25(12-14-26)33(39)43-38(48)50-21(4)5)28(18-31(24)49-7)27-15-16-30(35(45)40-19-23-9-10-23)42-32(27)37(47)52-22(6)51-36(46)20(2)3;1-6-17-11-20(25(31)32)19(12-22(17)35-5)18-9-10-21(24(30)28-13-16-7-8-16)29-23(18)27(34)37-15(4)36-26(33)14(2)3;1-7(2)16-11(15)14-10(13)8-3-5-9(12)6-4-8/h8,11-18,20-23H,1,9-10,19H2,2-7H3,(H,40,45)(H,41,44)(H2,39,43,48);6,9-12,14-16H,1,7-8,13H2,2-5H3,(H,28,30)(H,31,32);3-7H,12H2,1-2H3,(H2,13,14,15). The average Bonchev–Trinajstić information content (AvgIpc) is 1.77. The van der Waals surface area contributed by atoms with Gasteiger partial charge in [-0.1, -0.05) is 53.0 Å². The summed E-state index contributed by atoms with van der Waals surface area (Å²) >= 11 is 0. The number of aromatic carboxylic acids is 1. The van der Waals surface area contributed by atoms with Crippen molar-refractivity contribution in [1.82, 2.24) is 31.2 Å². The highest BCUT2D eigenvalue weighted by Gasteiger charge is 2.31. The van der Waals surface area contributed by atoms with Crippen LogP contribution in [0, 0.1) is 34.5 Å². The summed E-state index contributed by atoms with van der Waals surface area (Å²) in [6.45, 7) is 24.6. The van der Waals surface area contributed by atoms with Crippen LogP contribution in [0.25, 0.3) is 34.4 Å². The lowest BCUT2D eigenvalue weighted by Crippen LogP contribution is -2.32. The van der Waals surface area contributed by atoms with Crippen LogP contribution in [0.5, 0.6) is 11.5 Å². The van der Waals surface area contributed by atoms with E-state index in [2.05, 4.69) is 49.7 Å². The highest BCUT2D eigenvalue weighted by atomic mass is 16.7. The number of rotatable bonds is 27. The zero-order chi connectivity index (χ0) is 77.5. The minimum Gasteiger partial charge on any atom is -0.496 e. The highest BCUT2D eigenvalue weighted by Crippen LogP contribution is 2.37. The van der Waals surface area contributed by atoms with Crippen LogP contribution in [0.2, 0.25) is 0 Å². The molecule has 2 heterocycles. The second-order valence-corrected chi connectivity index (χ2v) is 25.2. The SMILES string of the molecule is C=Cc1cc(C(=O)Nc2ccc(C(=N)NC(=O)OC(C)C)cc2)c(-c2ccc(C(=O)NCC3CC3)nc2C(=O)OC(C)OC(=O)C(C)C)cc1OC.C=Cc1cc(C(=O)O)c(-c2ccc(C(=O)NCC3CC3)nc2C(=O)OC(C)OC(=O)C(C)C)cc1OC.CC(C)OC(=O)NC(=N)c1ccc(N)cc1. The summed E-state index contributed by atoms with van der Waals surface area (Å²) < 4.78 is 41.9. The lowest BCUT2D eigenvalue weighted by molar-refractivity contribution is -0.170. The van der Waals surface area contributed by atoms with Gasteiger partial charge in [0, 0.05) is 88.4 Å². The van der Waals surface area contributed by atoms with E-state index >= 15 is 0 Å². The number of pyridine rings is 2. The van der Waals surface area contributed by atoms with Crippen molar-refractivity contribution in [3.8, 4) is 33.8 Å². The molecule has 0 aliphatic heterocycles. The summed E-state index contributed by atoms with van der Waals surface area (Å²) in [6.07, 6.45) is 2.56. The van der Waals surface area contributed by atoms with Crippen LogP contribution >= 0.6 is 0 Å². The third-order valence-corrected chi connectivity index (χ3v) is 15.2. The number of alkyl carbamates (subject to hydrolysis) is 2. The number of nitrogens with one attached hydrogen (secondary N) is 7. The van der Waals surface area contributed by atoms with Crippen molar-refractivity contribution in [2.45, 2.75) is 120 Å². The maximum Gasteiger partial charge on any atom is 0.413 e. The number of benzene rings is 4. The van der Waals surface area contributed by atoms with Gasteiger partial charge in [0.1, 0.15) is 34.6 Å². The summed E-state index contributed by atoms with van der Waals surface area (Å²) in [4.78, 5) is 135. The molecule has 10 N–H and O–H groups in total. The third kappa shape index (κ3) is 24.5. The fraction of sp³-hybridized carbons (Fsp3) is 0.342. The summed E-state index contributed by atoms with van der Waals surface area (Å²) in [5.74, 6) is -5.62. The number of nitrogen functional groups attached to an aromatic ring is 1. The summed E-state index contributed by atoms with van der Waals surface area (Å²) in [6, 6.07) is 24.5. The molecule has 2 aromatic heterocycles. The molecule has 0 radical (unpaired) electrons. The van der Waals surface area contributed by atoms with Crippen molar-refractivity contribution in [2.24, 2.45) is 23.7 Å². The number of carboxylic acids is 1. The van der Waals surface area contributed by atoms with E-state index in [1.807, 2.05) is 0 Å². The molecule has 8 rings (SSSR count). The smallest absolute Gasteiger partial charge is 0.413 e. The van der Waals surface area contributed by atoms with Crippen LogP contribution in [0.1, 0.15) is 180 Å². The van der Waals surface area contributed by atoms with E-state index in [0.717, 1.165) is 25.7 Å². The van der Waals surface area contributed by atoms with Crippen molar-refractivity contribution < 1.29 is 90.9 Å². The Balaban J connectivity index is 0.000000281. The molecule has 2 unspecified atom stereocenters. The van der Waals surface area contributed by atoms with E-state index in [1.54, 1.807) is 97.9 Å². The van der Waals surface area contributed by atoms with Crippen molar-refractivity contribution in [3.05, 3.63) is 166 Å². The zero-order valence-electron chi connectivity index (χ0n) is 60.4. The van der Waals surface area contributed by atoms with E-state index < -0.39 is 84.2 Å². The predicted octanol–water partition coefficient (Wildman–Crippen LogP) is 11.6. The molecule has 2 atom stereocenters. The van der Waals surface area contributed by atoms with E-state index in [-0.39, 0.29) is 80.0 Å². The van der Waals surface area contributed by atoms with Gasteiger partial charge in [0.05, 0.1) is 43.8 Å². The second-order valence-electron chi connectivity index (χ2n) is 25.2. The van der Waals surface area contributed by atoms with Gasteiger partial charge in [0.25, 0.3) is 17.7 Å². The summed E-state index contributed by atoms with van der Waals surface area (Å²) in [5.41, 5.74) is 8.11. The number of amidine groups is 2. The molecular formula is C76H88N10O19. The number of methoxy groups -OCH3 is 2. The van der Waals surface area contributed by atoms with E-state index in [1.165, 1.54) is 94.8 Å². The summed E-state index contributed by atoms with van der Waals surface area (Å²) in [5, 5.41) is 38.8. The van der Waals surface area contributed by atoms with Gasteiger partial charge in [-0.2, -0.15) is 0 Å². The highest BCUT2D eigenvalue weighted by molar-refractivity contribution is 6.12. The molecule has 0 saturated heterocycles. The molecule has 5 amide bonds. The number of amides is 5. The Morgan fingerprint density at radius 3 is 1.25 bits per heavy atom. The topological polar surface area (TPSA) is 424 Å². The first kappa shape index (κ1) is 81.7. The number of nitrogens with zero attached hydrogens (tertiary/aromatic N) is 2. The lowest BCUT2D eigenvalue weighted by Gasteiger charge is -2.19. The number of hydrogen-bond donors (Lipinski definition) is 9. The normalized spacial score (nSPS) is 12.5. The largest absolute Gasteiger partial charge is 0.496 e. The van der Waals surface area contributed by atoms with Crippen LogP contribution in [0.4, 0.5) is 21.0 Å². The van der Waals surface area contributed by atoms with Crippen molar-refractivity contribution in [3.63, 3.8) is 0 Å². The Morgan fingerprint density at radius 2 is 0.895 bits per heavy atom. The fourth-order valence-corrected chi connectivity index (χ4v) is 9.36. The number of carbonyl (C=O) groups excluding carboxylic acids is 9. The first-order valence-corrected chi connectivity index (χ1v) is 33.5. The number of aromatic nitrogens is 2. The number of ether oxygens (including phenoxy) is 8. The Kier molecular flexibility index (Phi) is 29.6. The van der Waals surface area contributed by atoms with Crippen LogP contribution in [0.15, 0.2) is 110 Å². The molecule has 105 heavy (non-hydrogen) atoms. The van der Waals surface area contributed by atoms with Crippen LogP contribution < -0.4 is 41.8 Å². The number of hydrogen-bond acceptors (Lipinski definition) is 23. The Labute approximate surface area is 607 Å². The van der Waals surface area contributed by atoms with Gasteiger partial charge in [-0.05, 0) is 162 Å². The molecule has 0 bridgehead atoms. The number of esters is 4. The molecule has 0 spiro atoms. The molecule has 29 heteroatoms. The minimum atomic E-state index is -1.29. The van der Waals surface area contributed by atoms with Crippen molar-refractivity contribution in [1.29, 1.82) is 10.8 Å². The molecule has 2 saturated carbocycles. The van der Waals surface area contributed by atoms with Crippen molar-refractivity contribution >= 4 is 95.0 Å². The second kappa shape index (κ2) is 38.1. The molecular weight excluding hydrogens is 1360 g/mol. The van der Waals surface area contributed by atoms with Gasteiger partial charge < -0.3 is 64.7 Å². The van der Waals surface area contributed by atoms with Gasteiger partial charge in [0.2, 0.25) is 12.6 Å².